The van der Waals surface area contributed by atoms with Crippen LogP contribution in [0.1, 0.15) is 35.2 Å². The molecule has 2 heterocycles. The average molecular weight is 473 g/mol. The first kappa shape index (κ1) is 27.0. The molecule has 32 heavy (non-hydrogen) atoms. The first-order valence-electron chi connectivity index (χ1n) is 9.77. The van der Waals surface area contributed by atoms with Crippen molar-refractivity contribution in [3.8, 4) is 34.3 Å². The normalized spacial score (nSPS) is 10.8. The van der Waals surface area contributed by atoms with Gasteiger partial charge >= 0.3 is 59.1 Å². The minimum atomic E-state index is -0.0653. The molecule has 2 aromatic carbocycles. The van der Waals surface area contributed by atoms with Gasteiger partial charge in [-0.05, 0) is 62.3 Å². The Morgan fingerprint density at radius 2 is 1.88 bits per heavy atom. The summed E-state index contributed by atoms with van der Waals surface area (Å²) in [6, 6.07) is 9.19. The Morgan fingerprint density at radius 3 is 2.50 bits per heavy atom. The Balaban J connectivity index is 0.00000272. The molecule has 0 amide bonds. The largest absolute Gasteiger partial charge is 1.00 e. The van der Waals surface area contributed by atoms with E-state index in [1.807, 2.05) is 31.3 Å². The molecule has 0 aliphatic rings. The number of aromatic hydroxyl groups is 2. The summed E-state index contributed by atoms with van der Waals surface area (Å²) in [5.74, 6) is 1.23. The molecule has 0 spiro atoms. The monoisotopic (exact) mass is 472 g/mol. The van der Waals surface area contributed by atoms with Gasteiger partial charge in [-0.2, -0.15) is 5.10 Å². The van der Waals surface area contributed by atoms with Crippen molar-refractivity contribution in [3.05, 3.63) is 46.9 Å². The second kappa shape index (κ2) is 10.8. The van der Waals surface area contributed by atoms with Crippen LogP contribution in [0.3, 0.4) is 0 Å². The second-order valence-corrected chi connectivity index (χ2v) is 7.79. The van der Waals surface area contributed by atoms with Gasteiger partial charge in [-0.15, -0.1) is 0 Å². The zero-order valence-electron chi connectivity index (χ0n) is 21.3. The number of hydrogen-bond donors (Lipinski definition) is 3. The van der Waals surface area contributed by atoms with Crippen LogP contribution < -0.4 is 63.9 Å². The maximum atomic E-state index is 10.5. The molecule has 2 aromatic heterocycles. The van der Waals surface area contributed by atoms with Gasteiger partial charge in [-0.3, -0.25) is 9.67 Å². The van der Waals surface area contributed by atoms with Crippen molar-refractivity contribution in [1.82, 2.24) is 19.3 Å². The van der Waals surface area contributed by atoms with Gasteiger partial charge in [0.25, 0.3) is 0 Å². The van der Waals surface area contributed by atoms with Gasteiger partial charge in [0.05, 0.1) is 23.9 Å². The molecule has 0 saturated carbocycles. The minimum absolute atomic E-state index is 0. The van der Waals surface area contributed by atoms with Gasteiger partial charge in [-0.25, -0.2) is 0 Å². The molecule has 0 aliphatic heterocycles. The van der Waals surface area contributed by atoms with Gasteiger partial charge in [0.15, 0.2) is 10.6 Å². The van der Waals surface area contributed by atoms with Gasteiger partial charge < -0.3 is 22.4 Å². The number of phenolic OH excluding ortho intramolecular Hbond substituents is 2. The summed E-state index contributed by atoms with van der Waals surface area (Å²) in [4.78, 5) is 0. The molecule has 160 valence electrons. The number of nitrogens with zero attached hydrogens (tertiary/aromatic N) is 3. The molecule has 4 aromatic rings. The van der Waals surface area contributed by atoms with Crippen LogP contribution in [0.4, 0.5) is 0 Å². The third-order valence-electron chi connectivity index (χ3n) is 5.33. The molecule has 0 atom stereocenters. The third-order valence-corrected chi connectivity index (χ3v) is 5.60. The van der Waals surface area contributed by atoms with Gasteiger partial charge in [0.2, 0.25) is 0 Å². The molecular formula is C22H26N4Na2O3S. The number of aromatic amines is 1. The van der Waals surface area contributed by atoms with E-state index in [4.69, 9.17) is 17.0 Å². The van der Waals surface area contributed by atoms with Crippen LogP contribution in [0.15, 0.2) is 36.5 Å². The molecule has 3 N–H and O–H groups in total. The number of nitrogens with one attached hydrogen (secondary N) is 1. The third kappa shape index (κ3) is 4.55. The molecule has 0 fully saturated rings. The van der Waals surface area contributed by atoms with E-state index in [0.717, 1.165) is 22.3 Å². The van der Waals surface area contributed by atoms with Crippen LogP contribution in [0.2, 0.25) is 0 Å². The van der Waals surface area contributed by atoms with Crippen molar-refractivity contribution >= 4 is 23.1 Å². The number of rotatable bonds is 5. The van der Waals surface area contributed by atoms with Crippen LogP contribution in [0.25, 0.3) is 28.0 Å². The van der Waals surface area contributed by atoms with Crippen molar-refractivity contribution in [1.29, 1.82) is 0 Å². The van der Waals surface area contributed by atoms with E-state index in [-0.39, 0.29) is 79.5 Å². The maximum Gasteiger partial charge on any atom is 1.00 e. The van der Waals surface area contributed by atoms with E-state index >= 15 is 0 Å². The van der Waals surface area contributed by atoms with Crippen molar-refractivity contribution in [2.45, 2.75) is 33.2 Å². The number of phenols is 2. The van der Waals surface area contributed by atoms with E-state index in [2.05, 4.69) is 28.6 Å². The minimum Gasteiger partial charge on any atom is -1.00 e. The Bertz CT molecular complexity index is 1320. The van der Waals surface area contributed by atoms with Gasteiger partial charge in [0, 0.05) is 23.7 Å². The van der Waals surface area contributed by atoms with Crippen molar-refractivity contribution < 1.29 is 76.9 Å². The van der Waals surface area contributed by atoms with Crippen LogP contribution in [0.5, 0.6) is 17.2 Å². The molecule has 4 rings (SSSR count). The number of hydrogen-bond acceptors (Lipinski definition) is 5. The smallest absolute Gasteiger partial charge is 1.00 e. The summed E-state index contributed by atoms with van der Waals surface area (Å²) >= 11 is 5.54. The van der Waals surface area contributed by atoms with Crippen LogP contribution >= 0.6 is 12.2 Å². The fourth-order valence-corrected chi connectivity index (χ4v) is 4.04. The van der Waals surface area contributed by atoms with Gasteiger partial charge in [-0.1, -0.05) is 6.92 Å². The topological polar surface area (TPSA) is 88.2 Å². The molecule has 0 bridgehead atoms. The van der Waals surface area contributed by atoms with E-state index in [1.54, 1.807) is 17.7 Å². The van der Waals surface area contributed by atoms with Crippen LogP contribution in [0, 0.1) is 4.77 Å². The number of aryl methyl sites for hydroxylation is 1. The quantitative estimate of drug-likeness (QED) is 0.265. The van der Waals surface area contributed by atoms with Crippen LogP contribution in [-0.2, 0) is 6.42 Å². The predicted octanol–water partition coefficient (Wildman–Crippen LogP) is -0.652. The van der Waals surface area contributed by atoms with E-state index in [0.29, 0.717) is 28.1 Å². The fraction of sp³-hybridized carbons (Fsp3) is 0.273. The van der Waals surface area contributed by atoms with Crippen LogP contribution in [-0.4, -0.2) is 36.7 Å². The summed E-state index contributed by atoms with van der Waals surface area (Å²) in [7, 11) is 1.65. The summed E-state index contributed by atoms with van der Waals surface area (Å²) in [5, 5.41) is 28.8. The summed E-state index contributed by atoms with van der Waals surface area (Å²) in [5.41, 5.74) is 2.99. The first-order chi connectivity index (χ1) is 14.4. The summed E-state index contributed by atoms with van der Waals surface area (Å²) < 4.78 is 9.96. The SMILES string of the molecule is CCc1cc(-c2n[nH]c(=S)n2-c2ccc(OC)c3c2ccn3C(C)C)c(O)cc1O.[H-].[H-].[Na+].[Na+]. The number of fused-ring (bicyclic) bond motifs is 1. The average Bonchev–Trinajstić information content (AvgIpc) is 3.32. The predicted molar refractivity (Wildman–Crippen MR) is 122 cm³/mol. The Labute approximate surface area is 239 Å². The van der Waals surface area contributed by atoms with Gasteiger partial charge in [0.1, 0.15) is 17.2 Å². The van der Waals surface area contributed by atoms with Crippen molar-refractivity contribution in [2.75, 3.05) is 7.11 Å². The molecule has 0 unspecified atom stereocenters. The molecule has 7 nitrogen and oxygen atoms in total. The number of benzene rings is 2. The number of methoxy groups -OCH3 is 1. The fourth-order valence-electron chi connectivity index (χ4n) is 3.81. The number of ether oxygens (including phenoxy) is 1. The van der Waals surface area contributed by atoms with E-state index in [1.165, 1.54) is 6.07 Å². The van der Waals surface area contributed by atoms with E-state index < -0.39 is 0 Å². The first-order valence-corrected chi connectivity index (χ1v) is 10.2. The number of aromatic nitrogens is 4. The Hall–Kier alpha value is -1.26. The second-order valence-electron chi connectivity index (χ2n) is 7.41. The zero-order valence-corrected chi connectivity index (χ0v) is 24.1. The molecule has 10 heteroatoms. The van der Waals surface area contributed by atoms with E-state index in [9.17, 15) is 10.2 Å². The summed E-state index contributed by atoms with van der Waals surface area (Å²) in [6.07, 6.45) is 2.65. The number of H-pyrrole nitrogens is 1. The molecule has 0 saturated heterocycles. The zero-order chi connectivity index (χ0) is 21.6. The van der Waals surface area contributed by atoms with Crippen molar-refractivity contribution in [2.24, 2.45) is 0 Å². The van der Waals surface area contributed by atoms with Crippen molar-refractivity contribution in [3.63, 3.8) is 0 Å². The summed E-state index contributed by atoms with van der Waals surface area (Å²) in [6.45, 7) is 6.16. The standard InChI is InChI=1S/C22H24N4O3S.2Na.2H/c1-5-13-10-15(18(28)11-17(13)27)21-23-24-22(30)26(21)16-6-7-19(29-4)20-14(16)8-9-25(20)12(2)3;;;;/h6-12,27-28H,5H2,1-4H3,(H,24,30);;;;/q;2*+1;2*-1. The Kier molecular flexibility index (Phi) is 9.09. The maximum absolute atomic E-state index is 10.5. The molecule has 0 aliphatic carbocycles. The Morgan fingerprint density at radius 1 is 1.16 bits per heavy atom. The molecule has 0 radical (unpaired) electrons. The molecular weight excluding hydrogens is 446 g/mol.